The Hall–Kier alpha value is -2.04. The number of hydrogen-bond acceptors (Lipinski definition) is 3. The Labute approximate surface area is 174 Å². The lowest BCUT2D eigenvalue weighted by atomic mass is 9.96. The highest BCUT2D eigenvalue weighted by atomic mass is 16.5. The van der Waals surface area contributed by atoms with Crippen LogP contribution in [0.25, 0.3) is 0 Å². The van der Waals surface area contributed by atoms with Gasteiger partial charge in [-0.1, -0.05) is 12.8 Å². The average Bonchev–Trinajstić information content (AvgIpc) is 3.33. The Balaban J connectivity index is 1.26. The first-order valence-electron chi connectivity index (χ1n) is 11.5. The normalized spacial score (nSPS) is 23.2. The summed E-state index contributed by atoms with van der Waals surface area (Å²) in [5.74, 6) is 1.96. The molecule has 2 saturated heterocycles. The Bertz CT molecular complexity index is 691. The van der Waals surface area contributed by atoms with Crippen molar-refractivity contribution in [1.82, 2.24) is 9.80 Å². The van der Waals surface area contributed by atoms with Gasteiger partial charge in [-0.2, -0.15) is 0 Å². The van der Waals surface area contributed by atoms with E-state index in [1.165, 1.54) is 19.3 Å². The molecule has 0 N–H and O–H groups in total. The van der Waals surface area contributed by atoms with E-state index in [9.17, 15) is 9.59 Å². The largest absolute Gasteiger partial charge is 0.493 e. The number of hydrogen-bond donors (Lipinski definition) is 0. The summed E-state index contributed by atoms with van der Waals surface area (Å²) in [5, 5.41) is 0. The molecular formula is C24H34N2O3. The lowest BCUT2D eigenvalue weighted by molar-refractivity contribution is -0.137. The van der Waals surface area contributed by atoms with Crippen LogP contribution in [0.1, 0.15) is 68.1 Å². The van der Waals surface area contributed by atoms with Gasteiger partial charge < -0.3 is 14.5 Å². The SMILES string of the molecule is O=C(c1ccc(OC[C@H]2CCCN(C(=O)C3CCCC3)C2)cc1)N1CCCCC1. The minimum Gasteiger partial charge on any atom is -0.493 e. The number of carbonyl (C=O) groups is 2. The van der Waals surface area contributed by atoms with Crippen molar-refractivity contribution in [2.45, 2.75) is 57.8 Å². The Kier molecular flexibility index (Phi) is 6.73. The summed E-state index contributed by atoms with van der Waals surface area (Å²) in [4.78, 5) is 29.3. The Morgan fingerprint density at radius 1 is 0.828 bits per heavy atom. The van der Waals surface area contributed by atoms with Crippen molar-refractivity contribution in [3.8, 4) is 5.75 Å². The lowest BCUT2D eigenvalue weighted by Gasteiger charge is -2.34. The molecule has 0 radical (unpaired) electrons. The van der Waals surface area contributed by atoms with E-state index in [4.69, 9.17) is 4.74 Å². The maximum Gasteiger partial charge on any atom is 0.253 e. The van der Waals surface area contributed by atoms with Crippen molar-refractivity contribution in [3.05, 3.63) is 29.8 Å². The molecule has 3 aliphatic rings. The summed E-state index contributed by atoms with van der Waals surface area (Å²) in [6, 6.07) is 7.56. The molecule has 158 valence electrons. The van der Waals surface area contributed by atoms with Crippen LogP contribution in [0.15, 0.2) is 24.3 Å². The molecule has 4 rings (SSSR count). The number of ether oxygens (including phenoxy) is 1. The molecule has 2 aliphatic heterocycles. The molecule has 0 aromatic heterocycles. The number of piperidine rings is 2. The molecule has 0 unspecified atom stereocenters. The second kappa shape index (κ2) is 9.64. The molecule has 1 atom stereocenters. The van der Waals surface area contributed by atoms with Gasteiger partial charge in [0, 0.05) is 43.6 Å². The number of rotatable bonds is 5. The maximum atomic E-state index is 12.7. The second-order valence-electron chi connectivity index (χ2n) is 8.96. The molecule has 0 spiro atoms. The molecule has 5 heteroatoms. The highest BCUT2D eigenvalue weighted by Gasteiger charge is 2.30. The zero-order valence-electron chi connectivity index (χ0n) is 17.5. The van der Waals surface area contributed by atoms with Crippen molar-refractivity contribution < 1.29 is 14.3 Å². The van der Waals surface area contributed by atoms with Crippen LogP contribution in [0.3, 0.4) is 0 Å². The molecule has 1 aromatic carbocycles. The molecular weight excluding hydrogens is 364 g/mol. The van der Waals surface area contributed by atoms with Gasteiger partial charge in [0.2, 0.25) is 5.91 Å². The van der Waals surface area contributed by atoms with E-state index >= 15 is 0 Å². The minimum atomic E-state index is 0.129. The lowest BCUT2D eigenvalue weighted by Crippen LogP contribution is -2.43. The highest BCUT2D eigenvalue weighted by Crippen LogP contribution is 2.29. The first-order valence-corrected chi connectivity index (χ1v) is 11.5. The van der Waals surface area contributed by atoms with E-state index in [2.05, 4.69) is 4.90 Å². The summed E-state index contributed by atoms with van der Waals surface area (Å²) < 4.78 is 6.02. The van der Waals surface area contributed by atoms with Crippen LogP contribution in [-0.4, -0.2) is 54.4 Å². The van der Waals surface area contributed by atoms with Crippen LogP contribution in [-0.2, 0) is 4.79 Å². The number of nitrogens with zero attached hydrogens (tertiary/aromatic N) is 2. The van der Waals surface area contributed by atoms with Crippen LogP contribution < -0.4 is 4.74 Å². The molecule has 3 fully saturated rings. The quantitative estimate of drug-likeness (QED) is 0.750. The van der Waals surface area contributed by atoms with Gasteiger partial charge in [0.05, 0.1) is 6.61 Å². The summed E-state index contributed by atoms with van der Waals surface area (Å²) >= 11 is 0. The fraction of sp³-hybridized carbons (Fsp3) is 0.667. The van der Waals surface area contributed by atoms with Crippen LogP contribution in [0.5, 0.6) is 5.75 Å². The zero-order valence-corrected chi connectivity index (χ0v) is 17.5. The average molecular weight is 399 g/mol. The van der Waals surface area contributed by atoms with Gasteiger partial charge in [-0.25, -0.2) is 0 Å². The van der Waals surface area contributed by atoms with E-state index in [-0.39, 0.29) is 11.8 Å². The third-order valence-corrected chi connectivity index (χ3v) is 6.77. The zero-order chi connectivity index (χ0) is 20.1. The minimum absolute atomic E-state index is 0.129. The third kappa shape index (κ3) is 5.12. The van der Waals surface area contributed by atoms with E-state index in [0.29, 0.717) is 18.4 Å². The summed E-state index contributed by atoms with van der Waals surface area (Å²) in [6.45, 7) is 4.09. The second-order valence-corrected chi connectivity index (χ2v) is 8.96. The highest BCUT2D eigenvalue weighted by molar-refractivity contribution is 5.94. The number of carbonyl (C=O) groups excluding carboxylic acids is 2. The van der Waals surface area contributed by atoms with E-state index in [0.717, 1.165) is 76.0 Å². The molecule has 29 heavy (non-hydrogen) atoms. The predicted molar refractivity (Wildman–Crippen MR) is 113 cm³/mol. The van der Waals surface area contributed by atoms with Gasteiger partial charge >= 0.3 is 0 Å². The van der Waals surface area contributed by atoms with Crippen molar-refractivity contribution >= 4 is 11.8 Å². The summed E-state index contributed by atoms with van der Waals surface area (Å²) in [6.07, 6.45) is 10.2. The van der Waals surface area contributed by atoms with Gasteiger partial charge in [-0.05, 0) is 69.2 Å². The van der Waals surface area contributed by atoms with E-state index < -0.39 is 0 Å². The summed E-state index contributed by atoms with van der Waals surface area (Å²) in [5.41, 5.74) is 0.741. The van der Waals surface area contributed by atoms with Gasteiger partial charge in [-0.3, -0.25) is 9.59 Å². The topological polar surface area (TPSA) is 49.9 Å². The van der Waals surface area contributed by atoms with Crippen molar-refractivity contribution in [2.75, 3.05) is 32.8 Å². The standard InChI is InChI=1S/C24H34N2O3/c27-23(25-14-4-1-5-15-25)21-10-12-22(13-11-21)29-18-19-7-6-16-26(17-19)24(28)20-8-2-3-9-20/h10-13,19-20H,1-9,14-18H2/t19-/m0/s1. The monoisotopic (exact) mass is 398 g/mol. The fourth-order valence-electron chi connectivity index (χ4n) is 5.02. The van der Waals surface area contributed by atoms with Gasteiger partial charge in [-0.15, -0.1) is 0 Å². The maximum absolute atomic E-state index is 12.7. The van der Waals surface area contributed by atoms with Gasteiger partial charge in [0.25, 0.3) is 5.91 Å². The molecule has 2 heterocycles. The molecule has 0 bridgehead atoms. The van der Waals surface area contributed by atoms with E-state index in [1.54, 1.807) is 0 Å². The smallest absolute Gasteiger partial charge is 0.253 e. The molecule has 5 nitrogen and oxygen atoms in total. The van der Waals surface area contributed by atoms with Crippen LogP contribution in [0.4, 0.5) is 0 Å². The van der Waals surface area contributed by atoms with Crippen molar-refractivity contribution in [1.29, 1.82) is 0 Å². The first-order chi connectivity index (χ1) is 14.2. The van der Waals surface area contributed by atoms with Gasteiger partial charge in [0.15, 0.2) is 0 Å². The van der Waals surface area contributed by atoms with Gasteiger partial charge in [0.1, 0.15) is 5.75 Å². The number of likely N-dealkylation sites (tertiary alicyclic amines) is 2. The van der Waals surface area contributed by atoms with Crippen molar-refractivity contribution in [3.63, 3.8) is 0 Å². The van der Waals surface area contributed by atoms with Crippen LogP contribution in [0, 0.1) is 11.8 Å². The number of benzene rings is 1. The molecule has 1 aromatic rings. The number of amides is 2. The van der Waals surface area contributed by atoms with E-state index in [1.807, 2.05) is 29.2 Å². The summed E-state index contributed by atoms with van der Waals surface area (Å²) in [7, 11) is 0. The molecule has 1 saturated carbocycles. The van der Waals surface area contributed by atoms with Crippen LogP contribution in [0.2, 0.25) is 0 Å². The van der Waals surface area contributed by atoms with Crippen LogP contribution >= 0.6 is 0 Å². The fourth-order valence-corrected chi connectivity index (χ4v) is 5.02. The predicted octanol–water partition coefficient (Wildman–Crippen LogP) is 4.12. The molecule has 2 amide bonds. The Morgan fingerprint density at radius 2 is 1.52 bits per heavy atom. The first kappa shape index (κ1) is 20.2. The van der Waals surface area contributed by atoms with Crippen molar-refractivity contribution in [2.24, 2.45) is 11.8 Å². The third-order valence-electron chi connectivity index (χ3n) is 6.77. The Morgan fingerprint density at radius 3 is 2.24 bits per heavy atom. The molecule has 1 aliphatic carbocycles.